The van der Waals surface area contributed by atoms with Crippen molar-refractivity contribution in [1.82, 2.24) is 4.98 Å². The normalized spacial score (nSPS) is 18.6. The molecule has 7 nitrogen and oxygen atoms in total. The van der Waals surface area contributed by atoms with Crippen LogP contribution in [-0.4, -0.2) is 35.7 Å². The van der Waals surface area contributed by atoms with Crippen molar-refractivity contribution in [2.45, 2.75) is 32.3 Å². The Kier molecular flexibility index (Phi) is 5.11. The van der Waals surface area contributed by atoms with Crippen LogP contribution in [-0.2, 0) is 4.74 Å². The van der Waals surface area contributed by atoms with Gasteiger partial charge in [-0.25, -0.2) is 4.98 Å². The molecule has 0 saturated carbocycles. The Morgan fingerprint density at radius 3 is 2.75 bits per heavy atom. The van der Waals surface area contributed by atoms with Gasteiger partial charge < -0.3 is 15.4 Å². The van der Waals surface area contributed by atoms with E-state index in [1.165, 1.54) is 12.1 Å². The van der Waals surface area contributed by atoms with E-state index in [1.807, 2.05) is 6.92 Å². The molecule has 1 saturated heterocycles. The van der Waals surface area contributed by atoms with Gasteiger partial charge in [-0.3, -0.25) is 10.1 Å². The summed E-state index contributed by atoms with van der Waals surface area (Å²) in [4.78, 5) is 14.8. The zero-order chi connectivity index (χ0) is 14.4. The summed E-state index contributed by atoms with van der Waals surface area (Å²) in [5.41, 5.74) is 0.0306. The maximum absolute atomic E-state index is 10.9. The fraction of sp³-hybridized carbons (Fsp3) is 0.615. The third-order valence-electron chi connectivity index (χ3n) is 3.16. The van der Waals surface area contributed by atoms with Gasteiger partial charge in [-0.2, -0.15) is 0 Å². The largest absolute Gasteiger partial charge is 0.376 e. The van der Waals surface area contributed by atoms with Gasteiger partial charge in [0.25, 0.3) is 5.69 Å². The van der Waals surface area contributed by atoms with Crippen LogP contribution in [0.4, 0.5) is 17.3 Å². The molecule has 2 rings (SSSR count). The van der Waals surface area contributed by atoms with Crippen molar-refractivity contribution in [3.8, 4) is 0 Å². The number of pyridine rings is 1. The van der Waals surface area contributed by atoms with Crippen LogP contribution < -0.4 is 10.6 Å². The van der Waals surface area contributed by atoms with Gasteiger partial charge in [-0.1, -0.05) is 0 Å². The second-order valence-corrected chi connectivity index (χ2v) is 4.75. The van der Waals surface area contributed by atoms with Crippen molar-refractivity contribution in [2.24, 2.45) is 0 Å². The van der Waals surface area contributed by atoms with E-state index in [0.29, 0.717) is 24.7 Å². The molecule has 0 amide bonds. The number of ether oxygens (including phenoxy) is 1. The predicted molar refractivity (Wildman–Crippen MR) is 77.1 cm³/mol. The third kappa shape index (κ3) is 4.06. The number of hydrogen-bond acceptors (Lipinski definition) is 6. The lowest BCUT2D eigenvalue weighted by Crippen LogP contribution is -2.27. The number of rotatable bonds is 6. The smallest absolute Gasteiger partial charge is 0.276 e. The quantitative estimate of drug-likeness (QED) is 0.614. The molecule has 0 spiro atoms. The number of nitro groups is 1. The van der Waals surface area contributed by atoms with Gasteiger partial charge in [0, 0.05) is 19.7 Å². The summed E-state index contributed by atoms with van der Waals surface area (Å²) in [7, 11) is 0. The third-order valence-corrected chi connectivity index (χ3v) is 3.16. The van der Waals surface area contributed by atoms with Gasteiger partial charge in [-0.15, -0.1) is 0 Å². The molecule has 0 aromatic carbocycles. The van der Waals surface area contributed by atoms with Crippen LogP contribution >= 0.6 is 0 Å². The van der Waals surface area contributed by atoms with E-state index in [4.69, 9.17) is 4.74 Å². The predicted octanol–water partition coefficient (Wildman–Crippen LogP) is 2.40. The summed E-state index contributed by atoms with van der Waals surface area (Å²) in [6, 6.07) is 2.88. The van der Waals surface area contributed by atoms with Gasteiger partial charge in [0.1, 0.15) is 11.6 Å². The highest BCUT2D eigenvalue weighted by atomic mass is 16.6. The van der Waals surface area contributed by atoms with Gasteiger partial charge in [-0.05, 0) is 26.2 Å². The number of aromatic nitrogens is 1. The molecule has 20 heavy (non-hydrogen) atoms. The molecular weight excluding hydrogens is 260 g/mol. The van der Waals surface area contributed by atoms with Gasteiger partial charge >= 0.3 is 0 Å². The van der Waals surface area contributed by atoms with Crippen molar-refractivity contribution >= 4 is 17.3 Å². The van der Waals surface area contributed by atoms with Crippen LogP contribution in [0.2, 0.25) is 0 Å². The van der Waals surface area contributed by atoms with Crippen molar-refractivity contribution in [3.05, 3.63) is 22.2 Å². The SMILES string of the molecule is CCNc1cc([N+](=O)[O-])cc(NCC2CCCCO2)n1. The molecule has 2 N–H and O–H groups in total. The molecule has 7 heteroatoms. The number of nitrogens with zero attached hydrogens (tertiary/aromatic N) is 2. The fourth-order valence-electron chi connectivity index (χ4n) is 2.17. The van der Waals surface area contributed by atoms with Crippen molar-refractivity contribution in [1.29, 1.82) is 0 Å². The first-order valence-corrected chi connectivity index (χ1v) is 6.95. The molecule has 110 valence electrons. The highest BCUT2D eigenvalue weighted by Gasteiger charge is 2.15. The lowest BCUT2D eigenvalue weighted by molar-refractivity contribution is -0.384. The zero-order valence-electron chi connectivity index (χ0n) is 11.6. The minimum absolute atomic E-state index is 0.0306. The molecular formula is C13H20N4O3. The van der Waals surface area contributed by atoms with Crippen molar-refractivity contribution < 1.29 is 9.66 Å². The summed E-state index contributed by atoms with van der Waals surface area (Å²) < 4.78 is 5.62. The van der Waals surface area contributed by atoms with E-state index >= 15 is 0 Å². The number of anilines is 2. The molecule has 1 aromatic heterocycles. The average Bonchev–Trinajstić information content (AvgIpc) is 2.46. The van der Waals surface area contributed by atoms with Gasteiger partial charge in [0.05, 0.1) is 23.2 Å². The van der Waals surface area contributed by atoms with E-state index in [2.05, 4.69) is 15.6 Å². The molecule has 1 aliphatic rings. The number of nitrogens with one attached hydrogen (secondary N) is 2. The molecule has 1 unspecified atom stereocenters. The molecule has 2 heterocycles. The van der Waals surface area contributed by atoms with Crippen LogP contribution in [0.3, 0.4) is 0 Å². The number of hydrogen-bond donors (Lipinski definition) is 2. The fourth-order valence-corrected chi connectivity index (χ4v) is 2.17. The summed E-state index contributed by atoms with van der Waals surface area (Å²) in [5.74, 6) is 1.01. The molecule has 1 aromatic rings. The van der Waals surface area contributed by atoms with Crippen LogP contribution in [0.25, 0.3) is 0 Å². The Labute approximate surface area is 117 Å². The Hall–Kier alpha value is -1.89. The van der Waals surface area contributed by atoms with Crippen molar-refractivity contribution in [3.63, 3.8) is 0 Å². The van der Waals surface area contributed by atoms with Crippen molar-refractivity contribution in [2.75, 3.05) is 30.3 Å². The lowest BCUT2D eigenvalue weighted by atomic mass is 10.1. The highest BCUT2D eigenvalue weighted by molar-refractivity contribution is 5.54. The van der Waals surface area contributed by atoms with Crippen LogP contribution in [0.15, 0.2) is 12.1 Å². The topological polar surface area (TPSA) is 89.3 Å². The second-order valence-electron chi connectivity index (χ2n) is 4.75. The Morgan fingerprint density at radius 1 is 1.40 bits per heavy atom. The van der Waals surface area contributed by atoms with E-state index in [9.17, 15) is 10.1 Å². The lowest BCUT2D eigenvalue weighted by Gasteiger charge is -2.23. The van der Waals surface area contributed by atoms with Crippen LogP contribution in [0.1, 0.15) is 26.2 Å². The maximum Gasteiger partial charge on any atom is 0.276 e. The van der Waals surface area contributed by atoms with Crippen LogP contribution in [0.5, 0.6) is 0 Å². The maximum atomic E-state index is 10.9. The summed E-state index contributed by atoms with van der Waals surface area (Å²) >= 11 is 0. The second kappa shape index (κ2) is 7.04. The van der Waals surface area contributed by atoms with E-state index < -0.39 is 4.92 Å². The first-order chi connectivity index (χ1) is 9.69. The minimum Gasteiger partial charge on any atom is -0.376 e. The summed E-state index contributed by atoms with van der Waals surface area (Å²) in [6.45, 7) is 4.00. The first kappa shape index (κ1) is 14.5. The van der Waals surface area contributed by atoms with E-state index in [1.54, 1.807) is 0 Å². The minimum atomic E-state index is -0.412. The molecule has 1 aliphatic heterocycles. The summed E-state index contributed by atoms with van der Waals surface area (Å²) in [6.07, 6.45) is 3.45. The Bertz CT molecular complexity index is 461. The standard InChI is InChI=1S/C13H20N4O3/c1-2-14-12-7-10(17(18)19)8-13(16-12)15-9-11-5-3-4-6-20-11/h7-8,11H,2-6,9H2,1H3,(H2,14,15,16). The molecule has 0 radical (unpaired) electrons. The Balaban J connectivity index is 2.03. The highest BCUT2D eigenvalue weighted by Crippen LogP contribution is 2.21. The van der Waals surface area contributed by atoms with Crippen LogP contribution in [0, 0.1) is 10.1 Å². The zero-order valence-corrected chi connectivity index (χ0v) is 11.6. The monoisotopic (exact) mass is 280 g/mol. The summed E-state index contributed by atoms with van der Waals surface area (Å²) in [5, 5.41) is 17.0. The molecule has 0 bridgehead atoms. The molecule has 1 fully saturated rings. The molecule has 0 aliphatic carbocycles. The Morgan fingerprint density at radius 2 is 2.15 bits per heavy atom. The van der Waals surface area contributed by atoms with Gasteiger partial charge in [0.15, 0.2) is 0 Å². The van der Waals surface area contributed by atoms with E-state index in [0.717, 1.165) is 25.9 Å². The van der Waals surface area contributed by atoms with E-state index in [-0.39, 0.29) is 11.8 Å². The first-order valence-electron chi connectivity index (χ1n) is 6.95. The average molecular weight is 280 g/mol. The van der Waals surface area contributed by atoms with Gasteiger partial charge in [0.2, 0.25) is 0 Å². The molecule has 1 atom stereocenters.